The number of nitrogens with two attached hydrogens (primary N) is 1. The van der Waals surface area contributed by atoms with E-state index in [4.69, 9.17) is 5.73 Å². The molecule has 0 aliphatic carbocycles. The molecule has 0 unspecified atom stereocenters. The second-order valence-electron chi connectivity index (χ2n) is 12.9. The first-order valence-corrected chi connectivity index (χ1v) is 16.4. The third-order valence-electron chi connectivity index (χ3n) is 9.41. The van der Waals surface area contributed by atoms with Gasteiger partial charge in [-0.15, -0.1) is 0 Å². The molecule has 4 aromatic rings. The van der Waals surface area contributed by atoms with Gasteiger partial charge in [-0.2, -0.15) is 0 Å². The molecule has 7 rings (SSSR count). The summed E-state index contributed by atoms with van der Waals surface area (Å²) in [5.41, 5.74) is 9.31. The summed E-state index contributed by atoms with van der Waals surface area (Å²) in [7, 11) is 0. The molecule has 2 bridgehead atoms. The summed E-state index contributed by atoms with van der Waals surface area (Å²) in [6, 6.07) is 28.3. The quantitative estimate of drug-likeness (QED) is 0.131. The van der Waals surface area contributed by atoms with Gasteiger partial charge in [-0.1, -0.05) is 60.7 Å². The van der Waals surface area contributed by atoms with Gasteiger partial charge in [0, 0.05) is 96.2 Å². The Labute approximate surface area is 262 Å². The standard InChI is InChI=1S/C36H50N8/c37-31-11-9-28(10-12-31)21-44-36-25-41-16-13-38-22-35(23-39-14-17-42-26-36,24-40-15-18-43-27-36)20-34-32-7-3-1-5-29(32)19-30-6-2-4-8-33(30)34/h1-12,19,38-44H,13-18,20-27,37H2. The van der Waals surface area contributed by atoms with Crippen molar-refractivity contribution in [1.29, 1.82) is 0 Å². The molecule has 3 saturated heterocycles. The van der Waals surface area contributed by atoms with Gasteiger partial charge in [-0.3, -0.25) is 0 Å². The molecular weight excluding hydrogens is 544 g/mol. The van der Waals surface area contributed by atoms with E-state index in [9.17, 15) is 0 Å². The molecule has 3 fully saturated rings. The van der Waals surface area contributed by atoms with Crippen LogP contribution in [0.2, 0.25) is 0 Å². The fourth-order valence-corrected chi connectivity index (χ4v) is 6.92. The average molecular weight is 595 g/mol. The maximum atomic E-state index is 5.93. The van der Waals surface area contributed by atoms with Crippen LogP contribution in [-0.4, -0.2) is 84.1 Å². The Morgan fingerprint density at radius 1 is 0.568 bits per heavy atom. The molecular formula is C36H50N8. The smallest absolute Gasteiger partial charge is 0.0561 e. The predicted octanol–water partition coefficient (Wildman–Crippen LogP) is 2.20. The zero-order valence-corrected chi connectivity index (χ0v) is 26.0. The van der Waals surface area contributed by atoms with Gasteiger partial charge in [0.15, 0.2) is 0 Å². The molecule has 9 N–H and O–H groups in total. The minimum atomic E-state index is -0.130. The summed E-state index contributed by atoms with van der Waals surface area (Å²) in [4.78, 5) is 0. The van der Waals surface area contributed by atoms with Crippen molar-refractivity contribution in [1.82, 2.24) is 37.2 Å². The summed E-state index contributed by atoms with van der Waals surface area (Å²) in [5.74, 6) is 0. The number of anilines is 1. The number of hydrogen-bond donors (Lipinski definition) is 8. The lowest BCUT2D eigenvalue weighted by Crippen LogP contribution is -2.64. The Balaban J connectivity index is 1.24. The van der Waals surface area contributed by atoms with E-state index < -0.39 is 0 Å². The Bertz CT molecular complexity index is 1390. The molecule has 8 heteroatoms. The first-order valence-electron chi connectivity index (χ1n) is 16.4. The van der Waals surface area contributed by atoms with Crippen LogP contribution >= 0.6 is 0 Å². The fraction of sp³-hybridized carbons (Fsp3) is 0.444. The maximum absolute atomic E-state index is 5.93. The van der Waals surface area contributed by atoms with Crippen LogP contribution in [0.5, 0.6) is 0 Å². The summed E-state index contributed by atoms with van der Waals surface area (Å²) >= 11 is 0. The van der Waals surface area contributed by atoms with Crippen LogP contribution in [0.4, 0.5) is 5.69 Å². The van der Waals surface area contributed by atoms with Crippen molar-refractivity contribution in [3.05, 3.63) is 90.0 Å². The lowest BCUT2D eigenvalue weighted by molar-refractivity contribution is 0.232. The van der Waals surface area contributed by atoms with E-state index in [1.165, 1.54) is 32.7 Å². The van der Waals surface area contributed by atoms with E-state index in [1.54, 1.807) is 0 Å². The van der Waals surface area contributed by atoms with Crippen molar-refractivity contribution in [3.8, 4) is 0 Å². The van der Waals surface area contributed by atoms with Crippen molar-refractivity contribution in [2.24, 2.45) is 5.41 Å². The van der Waals surface area contributed by atoms with Gasteiger partial charge in [0.2, 0.25) is 0 Å². The monoisotopic (exact) mass is 594 g/mol. The van der Waals surface area contributed by atoms with Gasteiger partial charge in [0.05, 0.1) is 5.54 Å². The Morgan fingerprint density at radius 3 is 1.52 bits per heavy atom. The van der Waals surface area contributed by atoms with Crippen LogP contribution in [0.25, 0.3) is 21.5 Å². The third-order valence-corrected chi connectivity index (χ3v) is 9.41. The highest BCUT2D eigenvalue weighted by molar-refractivity contribution is 6.02. The van der Waals surface area contributed by atoms with E-state index in [2.05, 4.69) is 104 Å². The lowest BCUT2D eigenvalue weighted by atomic mass is 9.78. The van der Waals surface area contributed by atoms with E-state index >= 15 is 0 Å². The normalized spacial score (nSPS) is 24.6. The Kier molecular flexibility index (Phi) is 10.4. The van der Waals surface area contributed by atoms with Crippen LogP contribution in [-0.2, 0) is 13.0 Å². The molecule has 8 nitrogen and oxygen atoms in total. The summed E-state index contributed by atoms with van der Waals surface area (Å²) < 4.78 is 0. The summed E-state index contributed by atoms with van der Waals surface area (Å²) in [5, 5.41) is 32.3. The van der Waals surface area contributed by atoms with Crippen LogP contribution < -0.4 is 43.0 Å². The van der Waals surface area contributed by atoms with Crippen molar-refractivity contribution in [2.45, 2.75) is 18.5 Å². The number of benzene rings is 4. The minimum Gasteiger partial charge on any atom is -0.399 e. The predicted molar refractivity (Wildman–Crippen MR) is 185 cm³/mol. The van der Waals surface area contributed by atoms with Crippen molar-refractivity contribution < 1.29 is 0 Å². The van der Waals surface area contributed by atoms with Gasteiger partial charge < -0.3 is 43.0 Å². The molecule has 3 heterocycles. The molecule has 0 atom stereocenters. The first-order chi connectivity index (χ1) is 21.6. The molecule has 0 amide bonds. The van der Waals surface area contributed by atoms with Gasteiger partial charge in [-0.25, -0.2) is 0 Å². The third kappa shape index (κ3) is 7.76. The summed E-state index contributed by atoms with van der Waals surface area (Å²) in [6.45, 7) is 11.7. The van der Waals surface area contributed by atoms with E-state index in [0.29, 0.717) is 0 Å². The van der Waals surface area contributed by atoms with E-state index in [-0.39, 0.29) is 11.0 Å². The molecule has 0 radical (unpaired) electrons. The van der Waals surface area contributed by atoms with E-state index in [1.807, 2.05) is 12.1 Å². The molecule has 3 aliphatic rings. The SMILES string of the molecule is Nc1ccc(CNC23CNCCNCC(Cc4c5ccccc5cc5ccccc45)(CNCCNC2)CNCCNC3)cc1. The zero-order chi connectivity index (χ0) is 30.1. The highest BCUT2D eigenvalue weighted by atomic mass is 15.1. The second-order valence-corrected chi connectivity index (χ2v) is 12.9. The number of nitrogen functional groups attached to an aromatic ring is 1. The number of rotatable bonds is 5. The Morgan fingerprint density at radius 2 is 1.02 bits per heavy atom. The minimum absolute atomic E-state index is 0.00548. The lowest BCUT2D eigenvalue weighted by Gasteiger charge is -2.39. The molecule has 3 aliphatic heterocycles. The summed E-state index contributed by atoms with van der Waals surface area (Å²) in [6.07, 6.45) is 0.994. The second kappa shape index (κ2) is 14.8. The molecule has 4 aromatic carbocycles. The number of nitrogens with one attached hydrogen (secondary N) is 7. The van der Waals surface area contributed by atoms with Crippen LogP contribution in [0, 0.1) is 5.41 Å². The maximum Gasteiger partial charge on any atom is 0.0561 e. The van der Waals surface area contributed by atoms with Crippen molar-refractivity contribution in [3.63, 3.8) is 0 Å². The molecule has 0 saturated carbocycles. The molecule has 44 heavy (non-hydrogen) atoms. The highest BCUT2D eigenvalue weighted by Crippen LogP contribution is 2.33. The topological polar surface area (TPSA) is 110 Å². The van der Waals surface area contributed by atoms with Gasteiger partial charge in [0.25, 0.3) is 0 Å². The van der Waals surface area contributed by atoms with Gasteiger partial charge in [-0.05, 0) is 57.3 Å². The van der Waals surface area contributed by atoms with Crippen LogP contribution in [0.15, 0.2) is 78.9 Å². The first kappa shape index (κ1) is 30.9. The van der Waals surface area contributed by atoms with Gasteiger partial charge in [0.1, 0.15) is 0 Å². The molecule has 0 spiro atoms. The molecule has 234 valence electrons. The number of fused-ring (bicyclic) bond motifs is 17. The van der Waals surface area contributed by atoms with Crippen LogP contribution in [0.1, 0.15) is 11.1 Å². The zero-order valence-electron chi connectivity index (χ0n) is 26.0. The molecule has 0 aromatic heterocycles. The largest absolute Gasteiger partial charge is 0.399 e. The fourth-order valence-electron chi connectivity index (χ4n) is 6.92. The highest BCUT2D eigenvalue weighted by Gasteiger charge is 2.33. The van der Waals surface area contributed by atoms with E-state index in [0.717, 1.165) is 97.2 Å². The van der Waals surface area contributed by atoms with Crippen LogP contribution in [0.3, 0.4) is 0 Å². The Hall–Kier alpha value is -3.08. The van der Waals surface area contributed by atoms with Gasteiger partial charge >= 0.3 is 0 Å². The average Bonchev–Trinajstić information content (AvgIpc) is 3.05. The number of hydrogen-bond acceptors (Lipinski definition) is 8. The van der Waals surface area contributed by atoms with Crippen molar-refractivity contribution >= 4 is 27.2 Å². The van der Waals surface area contributed by atoms with Crippen molar-refractivity contribution in [2.75, 3.05) is 84.3 Å².